The molecular formula is C29H48O7. The summed E-state index contributed by atoms with van der Waals surface area (Å²) < 4.78 is 30.4. The molecule has 0 spiro atoms. The Labute approximate surface area is 217 Å². The molecule has 0 amide bonds. The van der Waals surface area contributed by atoms with Crippen LogP contribution in [-0.4, -0.2) is 61.8 Å². The van der Waals surface area contributed by atoms with Crippen molar-refractivity contribution in [1.29, 1.82) is 0 Å². The maximum absolute atomic E-state index is 13.0. The van der Waals surface area contributed by atoms with Crippen LogP contribution in [0, 0.1) is 5.92 Å². The molecule has 4 bridgehead atoms. The summed E-state index contributed by atoms with van der Waals surface area (Å²) in [5, 5.41) is 0. The molecule has 3 fully saturated rings. The molecule has 0 N–H and O–H groups in total. The van der Waals surface area contributed by atoms with E-state index in [-0.39, 0.29) is 61.1 Å². The molecule has 7 nitrogen and oxygen atoms in total. The Balaban J connectivity index is 1.75. The van der Waals surface area contributed by atoms with E-state index in [9.17, 15) is 9.59 Å². The van der Waals surface area contributed by atoms with Gasteiger partial charge in [-0.3, -0.25) is 9.59 Å². The first-order valence-electron chi connectivity index (χ1n) is 14.2. The lowest BCUT2D eigenvalue weighted by molar-refractivity contribution is -0.172. The molecule has 0 aromatic rings. The van der Waals surface area contributed by atoms with Crippen LogP contribution in [0.3, 0.4) is 0 Å². The largest absolute Gasteiger partial charge is 0.462 e. The topological polar surface area (TPSA) is 80.3 Å². The molecule has 0 aromatic carbocycles. The Morgan fingerprint density at radius 1 is 1.00 bits per heavy atom. The monoisotopic (exact) mass is 508 g/mol. The second-order valence-corrected chi connectivity index (χ2v) is 11.2. The minimum absolute atomic E-state index is 0.00873. The summed E-state index contributed by atoms with van der Waals surface area (Å²) in [6, 6.07) is 0. The van der Waals surface area contributed by atoms with Gasteiger partial charge in [0.15, 0.2) is 0 Å². The summed E-state index contributed by atoms with van der Waals surface area (Å²) >= 11 is 0. The molecule has 3 saturated heterocycles. The number of unbranched alkanes of at least 4 members (excludes halogenated alkanes) is 1. The quantitative estimate of drug-likeness (QED) is 0.308. The van der Waals surface area contributed by atoms with Crippen molar-refractivity contribution in [3.8, 4) is 0 Å². The number of ether oxygens (including phenoxy) is 5. The summed E-state index contributed by atoms with van der Waals surface area (Å²) in [4.78, 5) is 25.4. The van der Waals surface area contributed by atoms with Crippen LogP contribution in [0.2, 0.25) is 0 Å². The lowest BCUT2D eigenvalue weighted by Crippen LogP contribution is -2.42. The molecule has 4 unspecified atom stereocenters. The number of carbonyl (C=O) groups is 2. The van der Waals surface area contributed by atoms with Crippen molar-refractivity contribution in [3.63, 3.8) is 0 Å². The van der Waals surface area contributed by atoms with Crippen LogP contribution in [0.15, 0.2) is 12.2 Å². The van der Waals surface area contributed by atoms with Gasteiger partial charge < -0.3 is 23.7 Å². The normalized spacial score (nSPS) is 34.2. The molecule has 3 aliphatic heterocycles. The van der Waals surface area contributed by atoms with E-state index in [1.165, 1.54) is 0 Å². The van der Waals surface area contributed by atoms with E-state index in [1.807, 2.05) is 6.08 Å². The van der Waals surface area contributed by atoms with Crippen LogP contribution in [-0.2, 0) is 33.3 Å². The van der Waals surface area contributed by atoms with E-state index >= 15 is 0 Å². The summed E-state index contributed by atoms with van der Waals surface area (Å²) in [5.41, 5.74) is 0. The predicted molar refractivity (Wildman–Crippen MR) is 138 cm³/mol. The summed E-state index contributed by atoms with van der Waals surface area (Å²) in [6.45, 7) is 6.41. The van der Waals surface area contributed by atoms with Gasteiger partial charge in [0.25, 0.3) is 0 Å². The van der Waals surface area contributed by atoms with Gasteiger partial charge in [-0.15, -0.1) is 0 Å². The lowest BCUT2D eigenvalue weighted by atomic mass is 9.92. The zero-order valence-corrected chi connectivity index (χ0v) is 22.8. The van der Waals surface area contributed by atoms with E-state index < -0.39 is 0 Å². The number of methoxy groups -OCH3 is 1. The molecule has 0 aliphatic carbocycles. The first-order chi connectivity index (χ1) is 17.3. The Bertz CT molecular complexity index is 706. The fourth-order valence-corrected chi connectivity index (χ4v) is 5.55. The predicted octanol–water partition coefficient (Wildman–Crippen LogP) is 5.68. The number of esters is 2. The maximum Gasteiger partial charge on any atom is 0.309 e. The Morgan fingerprint density at radius 2 is 1.67 bits per heavy atom. The van der Waals surface area contributed by atoms with Gasteiger partial charge in [0, 0.05) is 32.8 Å². The van der Waals surface area contributed by atoms with Gasteiger partial charge in [0.05, 0.1) is 36.9 Å². The van der Waals surface area contributed by atoms with Gasteiger partial charge in [0.1, 0.15) is 12.2 Å². The number of cyclic esters (lactones) is 1. The van der Waals surface area contributed by atoms with Crippen LogP contribution in [0.4, 0.5) is 0 Å². The van der Waals surface area contributed by atoms with Crippen molar-refractivity contribution < 1.29 is 33.3 Å². The average Bonchev–Trinajstić information content (AvgIpc) is 2.81. The van der Waals surface area contributed by atoms with Gasteiger partial charge in [-0.1, -0.05) is 33.3 Å². The average molecular weight is 509 g/mol. The third kappa shape index (κ3) is 10.1. The van der Waals surface area contributed by atoms with Gasteiger partial charge in [-0.05, 0) is 56.9 Å². The minimum Gasteiger partial charge on any atom is -0.462 e. The van der Waals surface area contributed by atoms with E-state index in [4.69, 9.17) is 23.7 Å². The second kappa shape index (κ2) is 15.1. The first-order valence-corrected chi connectivity index (χ1v) is 14.2. The molecule has 0 radical (unpaired) electrons. The van der Waals surface area contributed by atoms with E-state index in [0.29, 0.717) is 38.0 Å². The summed E-state index contributed by atoms with van der Waals surface area (Å²) in [5.74, 6) is 0.100. The van der Waals surface area contributed by atoms with E-state index in [0.717, 1.165) is 44.9 Å². The highest BCUT2D eigenvalue weighted by Gasteiger charge is 2.36. The third-order valence-electron chi connectivity index (χ3n) is 7.42. The van der Waals surface area contributed by atoms with E-state index in [1.54, 1.807) is 7.11 Å². The molecule has 7 atom stereocenters. The molecule has 0 saturated carbocycles. The highest BCUT2D eigenvalue weighted by Crippen LogP contribution is 2.32. The summed E-state index contributed by atoms with van der Waals surface area (Å²) in [6.07, 6.45) is 13.0. The smallest absolute Gasteiger partial charge is 0.309 e. The molecule has 7 heteroatoms. The van der Waals surface area contributed by atoms with Crippen LogP contribution < -0.4 is 0 Å². The van der Waals surface area contributed by atoms with Gasteiger partial charge >= 0.3 is 11.9 Å². The Morgan fingerprint density at radius 3 is 2.39 bits per heavy atom. The fraction of sp³-hybridized carbons (Fsp3) is 0.862. The Kier molecular flexibility index (Phi) is 12.2. The number of hydrogen-bond donors (Lipinski definition) is 0. The fourth-order valence-electron chi connectivity index (χ4n) is 5.55. The number of allylic oxidation sites excluding steroid dienone is 1. The number of carbonyl (C=O) groups excluding carboxylic acids is 2. The molecule has 3 aliphatic rings. The van der Waals surface area contributed by atoms with Crippen molar-refractivity contribution >= 4 is 11.9 Å². The first kappa shape index (κ1) is 29.1. The number of hydrogen-bond acceptors (Lipinski definition) is 7. The van der Waals surface area contributed by atoms with Gasteiger partial charge in [-0.25, -0.2) is 0 Å². The van der Waals surface area contributed by atoms with Crippen molar-refractivity contribution in [1.82, 2.24) is 0 Å². The van der Waals surface area contributed by atoms with Crippen LogP contribution >= 0.6 is 0 Å². The third-order valence-corrected chi connectivity index (χ3v) is 7.42. The van der Waals surface area contributed by atoms with E-state index in [2.05, 4.69) is 26.8 Å². The van der Waals surface area contributed by atoms with Crippen LogP contribution in [0.5, 0.6) is 0 Å². The van der Waals surface area contributed by atoms with Crippen LogP contribution in [0.1, 0.15) is 104 Å². The lowest BCUT2D eigenvalue weighted by Gasteiger charge is -2.38. The molecule has 0 aromatic heterocycles. The van der Waals surface area contributed by atoms with Crippen molar-refractivity contribution in [3.05, 3.63) is 12.2 Å². The summed E-state index contributed by atoms with van der Waals surface area (Å²) in [7, 11) is 1.74. The van der Waals surface area contributed by atoms with Gasteiger partial charge in [-0.2, -0.15) is 0 Å². The highest BCUT2D eigenvalue weighted by atomic mass is 16.6. The zero-order chi connectivity index (χ0) is 25.9. The highest BCUT2D eigenvalue weighted by molar-refractivity contribution is 5.70. The standard InChI is InChI=1S/C29H48O7/c1-5-6-13-28(30)36-26-17-25-16-24(32-4)15-22-12-8-11-21(33-22)14-23(10-7-9-20(2)3)35-29(31)19-27(18-26)34-25/h7,10,20-27H,5-6,8-9,11-19H2,1-4H3/b10-7+/t21?,22?,23-,24-,25?,26-,27?/m1/s1. The van der Waals surface area contributed by atoms with Crippen molar-refractivity contribution in [2.24, 2.45) is 5.92 Å². The molecule has 36 heavy (non-hydrogen) atoms. The van der Waals surface area contributed by atoms with Crippen molar-refractivity contribution in [2.75, 3.05) is 7.11 Å². The minimum atomic E-state index is -0.336. The zero-order valence-electron chi connectivity index (χ0n) is 22.8. The molecular weight excluding hydrogens is 460 g/mol. The molecule has 3 rings (SSSR count). The number of rotatable bonds is 8. The SMILES string of the molecule is CCCCC(=O)O[C@H]1CC2CC(=O)O[C@H](/C=C/CC(C)C)CC3CCCC(C[C@@H](OC)CC(C1)O2)O3. The number of fused-ring (bicyclic) bond motifs is 4. The van der Waals surface area contributed by atoms with Gasteiger partial charge in [0.2, 0.25) is 0 Å². The molecule has 3 heterocycles. The van der Waals surface area contributed by atoms with Crippen molar-refractivity contribution in [2.45, 2.75) is 147 Å². The maximum atomic E-state index is 13.0. The van der Waals surface area contributed by atoms with Crippen LogP contribution in [0.25, 0.3) is 0 Å². The Hall–Kier alpha value is -1.44. The second-order valence-electron chi connectivity index (χ2n) is 11.2. The molecule has 206 valence electrons.